The van der Waals surface area contributed by atoms with Crippen LogP contribution in [0.4, 0.5) is 0 Å². The third-order valence-electron chi connectivity index (χ3n) is 2.87. The Kier molecular flexibility index (Phi) is 5.89. The highest BCUT2D eigenvalue weighted by atomic mass is 16.7. The lowest BCUT2D eigenvalue weighted by Crippen LogP contribution is -2.59. The van der Waals surface area contributed by atoms with E-state index in [9.17, 15) is 15.0 Å². The zero-order valence-corrected chi connectivity index (χ0v) is 11.2. The van der Waals surface area contributed by atoms with Gasteiger partial charge in [-0.1, -0.05) is 6.58 Å². The monoisotopic (exact) mass is 276 g/mol. The number of methoxy groups -OCH3 is 2. The summed E-state index contributed by atoms with van der Waals surface area (Å²) in [5.74, 6) is -0.562. The maximum Gasteiger partial charge on any atom is 0.333 e. The van der Waals surface area contributed by atoms with Gasteiger partial charge in [0.25, 0.3) is 0 Å². The lowest BCUT2D eigenvalue weighted by Gasteiger charge is -2.41. The number of aliphatic hydroxyl groups excluding tert-OH is 2. The fourth-order valence-electron chi connectivity index (χ4n) is 1.81. The van der Waals surface area contributed by atoms with E-state index in [4.69, 9.17) is 18.9 Å². The van der Waals surface area contributed by atoms with Crippen molar-refractivity contribution in [1.29, 1.82) is 0 Å². The van der Waals surface area contributed by atoms with E-state index in [0.29, 0.717) is 0 Å². The largest absolute Gasteiger partial charge is 0.459 e. The van der Waals surface area contributed by atoms with Crippen molar-refractivity contribution in [3.63, 3.8) is 0 Å². The molecular weight excluding hydrogens is 256 g/mol. The third-order valence-corrected chi connectivity index (χ3v) is 2.87. The molecule has 1 saturated heterocycles. The number of hydrogen-bond donors (Lipinski definition) is 2. The first-order chi connectivity index (χ1) is 8.92. The number of esters is 1. The van der Waals surface area contributed by atoms with Crippen LogP contribution in [0.25, 0.3) is 0 Å². The smallest absolute Gasteiger partial charge is 0.333 e. The molecular formula is C12H20O7. The SMILES string of the molecule is C=C(C)C(=O)OCC1OC(OC)C(O)C(O)C1OC. The van der Waals surface area contributed by atoms with Gasteiger partial charge in [0, 0.05) is 19.8 Å². The molecule has 1 fully saturated rings. The molecule has 0 aromatic heterocycles. The number of hydrogen-bond acceptors (Lipinski definition) is 7. The van der Waals surface area contributed by atoms with Crippen LogP contribution in [0.1, 0.15) is 6.92 Å². The molecule has 0 saturated carbocycles. The Labute approximate surface area is 111 Å². The van der Waals surface area contributed by atoms with E-state index < -0.39 is 36.7 Å². The molecule has 19 heavy (non-hydrogen) atoms. The predicted molar refractivity (Wildman–Crippen MR) is 64.3 cm³/mol. The van der Waals surface area contributed by atoms with Crippen molar-refractivity contribution in [2.75, 3.05) is 20.8 Å². The van der Waals surface area contributed by atoms with Gasteiger partial charge in [-0.25, -0.2) is 4.79 Å². The third kappa shape index (κ3) is 3.74. The highest BCUT2D eigenvalue weighted by Gasteiger charge is 2.45. The van der Waals surface area contributed by atoms with Crippen molar-refractivity contribution >= 4 is 5.97 Å². The average molecular weight is 276 g/mol. The van der Waals surface area contributed by atoms with Gasteiger partial charge < -0.3 is 29.2 Å². The summed E-state index contributed by atoms with van der Waals surface area (Å²) in [5, 5.41) is 19.6. The van der Waals surface area contributed by atoms with E-state index in [1.807, 2.05) is 0 Å². The van der Waals surface area contributed by atoms with Gasteiger partial charge in [0.05, 0.1) is 0 Å². The van der Waals surface area contributed by atoms with Crippen molar-refractivity contribution in [1.82, 2.24) is 0 Å². The first-order valence-corrected chi connectivity index (χ1v) is 5.82. The highest BCUT2D eigenvalue weighted by molar-refractivity contribution is 5.86. The van der Waals surface area contributed by atoms with Gasteiger partial charge in [0.15, 0.2) is 6.29 Å². The number of carbonyl (C=O) groups excluding carboxylic acids is 1. The van der Waals surface area contributed by atoms with Gasteiger partial charge in [0.2, 0.25) is 0 Å². The molecule has 1 aliphatic heterocycles. The van der Waals surface area contributed by atoms with Crippen molar-refractivity contribution in [3.8, 4) is 0 Å². The van der Waals surface area contributed by atoms with Gasteiger partial charge in [-0.3, -0.25) is 0 Å². The number of rotatable bonds is 5. The summed E-state index contributed by atoms with van der Waals surface area (Å²) < 4.78 is 20.3. The molecule has 0 spiro atoms. The van der Waals surface area contributed by atoms with Crippen LogP contribution in [0.2, 0.25) is 0 Å². The molecule has 0 bridgehead atoms. The topological polar surface area (TPSA) is 94.5 Å². The summed E-state index contributed by atoms with van der Waals surface area (Å²) in [4.78, 5) is 11.3. The second kappa shape index (κ2) is 6.97. The first kappa shape index (κ1) is 16.1. The van der Waals surface area contributed by atoms with Crippen LogP contribution in [0.5, 0.6) is 0 Å². The standard InChI is InChI=1S/C12H20O7/c1-6(2)11(15)18-5-7-10(16-3)8(13)9(14)12(17-4)19-7/h7-10,12-14H,1,5H2,2-4H3. The number of carbonyl (C=O) groups is 1. The molecule has 7 nitrogen and oxygen atoms in total. The lowest BCUT2D eigenvalue weighted by atomic mass is 9.99. The van der Waals surface area contributed by atoms with Gasteiger partial charge in [-0.05, 0) is 6.92 Å². The summed E-state index contributed by atoms with van der Waals surface area (Å²) in [6.07, 6.45) is -4.99. The van der Waals surface area contributed by atoms with Crippen LogP contribution in [0, 0.1) is 0 Å². The van der Waals surface area contributed by atoms with E-state index in [1.54, 1.807) is 0 Å². The van der Waals surface area contributed by atoms with E-state index in [-0.39, 0.29) is 12.2 Å². The molecule has 1 aliphatic rings. The Morgan fingerprint density at radius 1 is 1.26 bits per heavy atom. The molecule has 1 rings (SSSR count). The molecule has 110 valence electrons. The number of ether oxygens (including phenoxy) is 4. The summed E-state index contributed by atoms with van der Waals surface area (Å²) in [7, 11) is 2.70. The van der Waals surface area contributed by atoms with Gasteiger partial charge >= 0.3 is 5.97 Å². The lowest BCUT2D eigenvalue weighted by molar-refractivity contribution is -0.298. The molecule has 1 heterocycles. The van der Waals surface area contributed by atoms with Crippen LogP contribution < -0.4 is 0 Å². The minimum absolute atomic E-state index is 0.131. The highest BCUT2D eigenvalue weighted by Crippen LogP contribution is 2.24. The minimum atomic E-state index is -1.23. The molecule has 0 amide bonds. The van der Waals surface area contributed by atoms with E-state index in [2.05, 4.69) is 6.58 Å². The Bertz CT molecular complexity index is 330. The van der Waals surface area contributed by atoms with Crippen LogP contribution in [-0.4, -0.2) is 67.7 Å². The maximum atomic E-state index is 11.3. The number of aliphatic hydroxyl groups is 2. The van der Waals surface area contributed by atoms with Crippen LogP contribution >= 0.6 is 0 Å². The van der Waals surface area contributed by atoms with Crippen molar-refractivity contribution < 1.29 is 34.0 Å². The predicted octanol–water partition coefficient (Wildman–Crippen LogP) is -0.786. The molecule has 5 atom stereocenters. The first-order valence-electron chi connectivity index (χ1n) is 5.82. The fraction of sp³-hybridized carbons (Fsp3) is 0.750. The van der Waals surface area contributed by atoms with E-state index >= 15 is 0 Å². The van der Waals surface area contributed by atoms with Crippen LogP contribution in [-0.2, 0) is 23.7 Å². The van der Waals surface area contributed by atoms with Crippen molar-refractivity contribution in [2.24, 2.45) is 0 Å². The second-order valence-corrected chi connectivity index (χ2v) is 4.34. The van der Waals surface area contributed by atoms with E-state index in [1.165, 1.54) is 21.1 Å². The Morgan fingerprint density at radius 3 is 2.37 bits per heavy atom. The summed E-state index contributed by atoms with van der Waals surface area (Å²) in [6.45, 7) is 4.85. The molecule has 0 radical (unpaired) electrons. The van der Waals surface area contributed by atoms with Gasteiger partial charge in [-0.2, -0.15) is 0 Å². The van der Waals surface area contributed by atoms with Crippen LogP contribution in [0.3, 0.4) is 0 Å². The maximum absolute atomic E-state index is 11.3. The second-order valence-electron chi connectivity index (χ2n) is 4.34. The zero-order valence-electron chi connectivity index (χ0n) is 11.2. The van der Waals surface area contributed by atoms with Crippen LogP contribution in [0.15, 0.2) is 12.2 Å². The molecule has 0 aliphatic carbocycles. The van der Waals surface area contributed by atoms with Crippen molar-refractivity contribution in [2.45, 2.75) is 37.6 Å². The summed E-state index contributed by atoms with van der Waals surface area (Å²) >= 11 is 0. The van der Waals surface area contributed by atoms with Crippen molar-refractivity contribution in [3.05, 3.63) is 12.2 Å². The van der Waals surface area contributed by atoms with Gasteiger partial charge in [-0.15, -0.1) is 0 Å². The van der Waals surface area contributed by atoms with E-state index in [0.717, 1.165) is 0 Å². The molecule has 7 heteroatoms. The Balaban J connectivity index is 2.68. The van der Waals surface area contributed by atoms with Gasteiger partial charge in [0.1, 0.15) is 31.0 Å². The molecule has 2 N–H and O–H groups in total. The summed E-state index contributed by atoms with van der Waals surface area (Å²) in [6, 6.07) is 0. The Morgan fingerprint density at radius 2 is 1.89 bits per heavy atom. The minimum Gasteiger partial charge on any atom is -0.459 e. The summed E-state index contributed by atoms with van der Waals surface area (Å²) in [5.41, 5.74) is 0.258. The Hall–Kier alpha value is -0.990. The quantitative estimate of drug-likeness (QED) is 0.502. The zero-order chi connectivity index (χ0) is 14.6. The molecule has 0 aromatic carbocycles. The normalized spacial score (nSPS) is 34.9. The average Bonchev–Trinajstić information content (AvgIpc) is 2.39. The molecule has 0 aromatic rings. The fourth-order valence-corrected chi connectivity index (χ4v) is 1.81. The molecule has 5 unspecified atom stereocenters.